The van der Waals surface area contributed by atoms with Gasteiger partial charge in [-0.25, -0.2) is 8.78 Å². The predicted molar refractivity (Wildman–Crippen MR) is 288 cm³/mol. The van der Waals surface area contributed by atoms with Crippen molar-refractivity contribution in [2.75, 3.05) is 88.9 Å². The zero-order valence-corrected chi connectivity index (χ0v) is 43.7. The molecule has 9 heterocycles. The highest BCUT2D eigenvalue weighted by molar-refractivity contribution is 6.03. The van der Waals surface area contributed by atoms with Crippen LogP contribution in [0.15, 0.2) is 48.7 Å². The smallest absolute Gasteiger partial charge is 0.318 e. The fourth-order valence-electron chi connectivity index (χ4n) is 13.4. The topological polar surface area (TPSA) is 163 Å². The Labute approximate surface area is 443 Å². The van der Waals surface area contributed by atoms with E-state index in [0.717, 1.165) is 68.1 Å². The number of aromatic hydroxyl groups is 1. The van der Waals surface area contributed by atoms with E-state index >= 15 is 4.39 Å². The van der Waals surface area contributed by atoms with Crippen molar-refractivity contribution in [1.82, 2.24) is 45.2 Å². The Hall–Kier alpha value is -6.52. The summed E-state index contributed by atoms with van der Waals surface area (Å²) in [6.07, 6.45) is 18.6. The summed E-state index contributed by atoms with van der Waals surface area (Å²) in [5.41, 5.74) is 3.14. The lowest BCUT2D eigenvalue weighted by Gasteiger charge is -2.40. The number of nitrogens with zero attached hydrogens (tertiary/aromatic N) is 9. The molecule has 3 amide bonds. The number of piperidine rings is 1. The van der Waals surface area contributed by atoms with Crippen LogP contribution in [0.4, 0.5) is 20.3 Å². The van der Waals surface area contributed by atoms with E-state index in [0.29, 0.717) is 48.0 Å². The van der Waals surface area contributed by atoms with Crippen LogP contribution in [0, 0.1) is 29.9 Å². The van der Waals surface area contributed by atoms with Crippen LogP contribution in [0.2, 0.25) is 0 Å². The Balaban J connectivity index is 0.000000164. The second kappa shape index (κ2) is 22.2. The Morgan fingerprint density at radius 3 is 2.42 bits per heavy atom. The molecule has 7 aliphatic heterocycles. The number of fused-ring (bicyclic) bond motifs is 6. The minimum Gasteiger partial charge on any atom is -0.508 e. The molecule has 5 atom stereocenters. The van der Waals surface area contributed by atoms with E-state index in [1.54, 1.807) is 0 Å². The maximum atomic E-state index is 16.1. The van der Waals surface area contributed by atoms with E-state index in [1.807, 2.05) is 17.9 Å². The summed E-state index contributed by atoms with van der Waals surface area (Å²) in [5.74, 6) is 1.92. The molecule has 16 nitrogen and oxygen atoms in total. The van der Waals surface area contributed by atoms with E-state index < -0.39 is 11.6 Å². The van der Waals surface area contributed by atoms with Gasteiger partial charge in [-0.2, -0.15) is 9.97 Å². The highest BCUT2D eigenvalue weighted by Gasteiger charge is 2.39. The first-order valence-corrected chi connectivity index (χ1v) is 27.4. The number of nitrogens with one attached hydrogen (secondary N) is 2. The first-order valence-electron chi connectivity index (χ1n) is 27.4. The molecule has 12 rings (SSSR count). The number of hydrogen-bond donors (Lipinski definition) is 3. The van der Waals surface area contributed by atoms with E-state index in [9.17, 15) is 23.9 Å². The number of methoxy groups -OCH3 is 1. The first kappa shape index (κ1) is 51.6. The number of halogens is 2. The van der Waals surface area contributed by atoms with Crippen LogP contribution in [0.25, 0.3) is 32.9 Å². The minimum absolute atomic E-state index is 0.0258. The summed E-state index contributed by atoms with van der Waals surface area (Å²) < 4.78 is 35.9. The number of benzene rings is 3. The van der Waals surface area contributed by atoms with Crippen LogP contribution in [-0.2, 0) is 16.1 Å². The van der Waals surface area contributed by atoms with Crippen molar-refractivity contribution in [2.24, 2.45) is 5.92 Å². The number of imide groups is 1. The summed E-state index contributed by atoms with van der Waals surface area (Å²) >= 11 is 0. The monoisotopic (exact) mass is 1040 g/mol. The molecule has 2 aromatic heterocycles. The number of piperazine rings is 2. The van der Waals surface area contributed by atoms with Gasteiger partial charge in [0.15, 0.2) is 5.82 Å². The van der Waals surface area contributed by atoms with Gasteiger partial charge in [-0.15, -0.1) is 6.42 Å². The molecular formula is C58H69F2N11O5. The Kier molecular flexibility index (Phi) is 15.1. The van der Waals surface area contributed by atoms with Gasteiger partial charge in [0.1, 0.15) is 28.6 Å². The molecule has 0 aliphatic carbocycles. The van der Waals surface area contributed by atoms with Crippen LogP contribution in [0.5, 0.6) is 11.8 Å². The summed E-state index contributed by atoms with van der Waals surface area (Å²) in [6.45, 7) is 14.9. The maximum Gasteiger partial charge on any atom is 0.318 e. The third kappa shape index (κ3) is 10.5. The molecule has 6 saturated heterocycles. The zero-order valence-electron chi connectivity index (χ0n) is 43.7. The van der Waals surface area contributed by atoms with E-state index in [4.69, 9.17) is 11.2 Å². The van der Waals surface area contributed by atoms with Crippen molar-refractivity contribution >= 4 is 51.4 Å². The molecule has 6 fully saturated rings. The second-order valence-electron chi connectivity index (χ2n) is 22.1. The average Bonchev–Trinajstić information content (AvgIpc) is 4.23. The molecule has 3 aromatic carbocycles. The average molecular weight is 1040 g/mol. The normalized spacial score (nSPS) is 23.4. The number of aromatic nitrogens is 3. The van der Waals surface area contributed by atoms with Gasteiger partial charge in [-0.3, -0.25) is 34.5 Å². The van der Waals surface area contributed by atoms with Crippen LogP contribution in [0.3, 0.4) is 0 Å². The number of carbonyl (C=O) groups excluding carboxylic acids is 3. The van der Waals surface area contributed by atoms with Crippen molar-refractivity contribution in [1.29, 1.82) is 0 Å². The van der Waals surface area contributed by atoms with Crippen molar-refractivity contribution in [3.63, 3.8) is 0 Å². The van der Waals surface area contributed by atoms with Gasteiger partial charge >= 0.3 is 6.01 Å². The molecule has 18 heteroatoms. The number of terminal acetylenes is 1. The summed E-state index contributed by atoms with van der Waals surface area (Å²) in [4.78, 5) is 63.1. The second-order valence-corrected chi connectivity index (χ2v) is 22.1. The number of amides is 3. The number of ether oxygens (including phenoxy) is 1. The summed E-state index contributed by atoms with van der Waals surface area (Å²) in [5, 5.41) is 17.3. The predicted octanol–water partition coefficient (Wildman–Crippen LogP) is 6.30. The van der Waals surface area contributed by atoms with Gasteiger partial charge in [0.25, 0.3) is 5.91 Å². The Morgan fingerprint density at radius 1 is 0.921 bits per heavy atom. The molecule has 400 valence electrons. The fraction of sp³-hybridized carbons (Fsp3) is 0.517. The van der Waals surface area contributed by atoms with Crippen molar-refractivity contribution < 1.29 is 33.0 Å². The molecule has 0 spiro atoms. The molecule has 76 heavy (non-hydrogen) atoms. The molecule has 7 aliphatic rings. The molecule has 2 bridgehead atoms. The van der Waals surface area contributed by atoms with Crippen LogP contribution in [-0.4, -0.2) is 167 Å². The maximum absolute atomic E-state index is 16.1. The van der Waals surface area contributed by atoms with E-state index in [-0.39, 0.29) is 63.8 Å². The number of hydrogen-bond acceptors (Lipinski definition) is 14. The molecule has 5 unspecified atom stereocenters. The van der Waals surface area contributed by atoms with Crippen LogP contribution < -0.4 is 25.2 Å². The number of pyridine rings is 1. The summed E-state index contributed by atoms with van der Waals surface area (Å²) in [6, 6.07) is 14.1. The third-order valence-corrected chi connectivity index (χ3v) is 17.4. The first-order chi connectivity index (χ1) is 36.9. The highest BCUT2D eigenvalue weighted by Crippen LogP contribution is 2.40. The largest absolute Gasteiger partial charge is 0.508 e. The van der Waals surface area contributed by atoms with E-state index in [2.05, 4.69) is 68.1 Å². The lowest BCUT2D eigenvalue weighted by atomic mass is 9.95. The standard InChI is InChI=1S/C32H48N6O3.C26H21F2N5O2/c1-24(4-9-31(40)33-23-39)38-21-26-19-28(7-8-30(26)32(38)41)36-13-10-25(11-14-36)20-34-15-17-35(18-16-34)22-29-6-5-27-3-2-12-37(27)29;1-3-17-20(27)7-4-13-8-16(34)9-18(21(13)17)23-22(28)24-19(10-29-23)25(32-26(31-24)35-2)33-11-14-5-6-15(12-33)30-14/h7-8,19,23-25,27,29H,2-6,9-18,20-22H2,1H3,(H,33,39,40);1,4,7-10,14-15,30,34H,5-6,11-12H2,2H3. The van der Waals surface area contributed by atoms with Crippen molar-refractivity contribution in [3.05, 3.63) is 77.0 Å². The van der Waals surface area contributed by atoms with Crippen molar-refractivity contribution in [3.8, 4) is 35.4 Å². The van der Waals surface area contributed by atoms with Gasteiger partial charge in [0.2, 0.25) is 12.3 Å². The van der Waals surface area contributed by atoms with Gasteiger partial charge in [-0.1, -0.05) is 12.0 Å². The lowest BCUT2D eigenvalue weighted by molar-refractivity contribution is -0.125. The molecule has 0 radical (unpaired) electrons. The molecule has 5 aromatic rings. The van der Waals surface area contributed by atoms with Gasteiger partial charge in [-0.05, 0) is 125 Å². The van der Waals surface area contributed by atoms with Crippen LogP contribution in [0.1, 0.15) is 92.6 Å². The third-order valence-electron chi connectivity index (χ3n) is 17.4. The summed E-state index contributed by atoms with van der Waals surface area (Å²) in [7, 11) is 1.43. The number of anilines is 2. The molecular weight excluding hydrogens is 969 g/mol. The fourth-order valence-corrected chi connectivity index (χ4v) is 13.4. The molecule has 0 saturated carbocycles. The Bertz CT molecular complexity index is 3040. The van der Waals surface area contributed by atoms with Crippen molar-refractivity contribution in [2.45, 2.75) is 108 Å². The lowest BCUT2D eigenvalue weighted by Crippen LogP contribution is -2.51. The number of rotatable bonds is 13. The number of phenolic OH excluding ortho intramolecular Hbond substituents is 1. The number of carbonyl (C=O) groups is 3. The SMILES string of the molecule is C#Cc1c(F)ccc2cc(O)cc(-c3ncc4c(N5CC6CCC(C5)N6)nc(OC)nc4c3F)c12.CC(CCC(=O)NC=O)N1Cc2cc(N3CCC(CN4CCN(CC5CCC6CCCN65)CC4)CC3)ccc2C1=O. The minimum atomic E-state index is -0.735. The zero-order chi connectivity index (χ0) is 52.6. The van der Waals surface area contributed by atoms with Crippen LogP contribution >= 0.6 is 0 Å². The van der Waals surface area contributed by atoms with E-state index in [1.165, 1.54) is 128 Å². The van der Waals surface area contributed by atoms with Gasteiger partial charge in [0, 0.05) is 137 Å². The number of phenols is 1. The van der Waals surface area contributed by atoms with Gasteiger partial charge < -0.3 is 34.8 Å². The van der Waals surface area contributed by atoms with Gasteiger partial charge in [0.05, 0.1) is 18.1 Å². The molecule has 3 N–H and O–H groups in total. The Morgan fingerprint density at radius 2 is 1.68 bits per heavy atom. The highest BCUT2D eigenvalue weighted by atomic mass is 19.1. The quantitative estimate of drug-likeness (QED) is 0.0890.